The summed E-state index contributed by atoms with van der Waals surface area (Å²) in [7, 11) is -3.31. The van der Waals surface area contributed by atoms with Crippen molar-refractivity contribution in [2.75, 3.05) is 31.9 Å². The predicted octanol–water partition coefficient (Wildman–Crippen LogP) is 1.85. The van der Waals surface area contributed by atoms with E-state index in [1.807, 2.05) is 0 Å². The molecule has 2 rings (SSSR count). The topological polar surface area (TPSA) is 57.7 Å². The Bertz CT molecular complexity index is 528. The zero-order valence-corrected chi connectivity index (χ0v) is 14.0. The highest BCUT2D eigenvalue weighted by atomic mass is 32.2. The summed E-state index contributed by atoms with van der Waals surface area (Å²) in [6.07, 6.45) is -2.96. The molecule has 134 valence electrons. The van der Waals surface area contributed by atoms with Gasteiger partial charge in [0.2, 0.25) is 15.9 Å². The van der Waals surface area contributed by atoms with E-state index in [4.69, 9.17) is 0 Å². The van der Waals surface area contributed by atoms with E-state index in [0.29, 0.717) is 12.8 Å². The summed E-state index contributed by atoms with van der Waals surface area (Å²) in [5.74, 6) is -3.07. The van der Waals surface area contributed by atoms with Crippen LogP contribution in [0.2, 0.25) is 0 Å². The van der Waals surface area contributed by atoms with Crippen molar-refractivity contribution >= 4 is 15.9 Å². The average Bonchev–Trinajstić information content (AvgIpc) is 2.53. The molecule has 0 spiro atoms. The Hall–Kier alpha value is -0.830. The van der Waals surface area contributed by atoms with Gasteiger partial charge in [0.25, 0.3) is 0 Å². The third kappa shape index (κ3) is 4.17. The molecule has 0 aromatic carbocycles. The number of piperazine rings is 1. The molecule has 2 fully saturated rings. The second-order valence-electron chi connectivity index (χ2n) is 6.16. The van der Waals surface area contributed by atoms with Gasteiger partial charge in [-0.2, -0.15) is 17.5 Å². The van der Waals surface area contributed by atoms with Gasteiger partial charge in [0.1, 0.15) is 0 Å². The first kappa shape index (κ1) is 18.5. The maximum atomic E-state index is 13.1. The Kier molecular flexibility index (Phi) is 5.60. The van der Waals surface area contributed by atoms with E-state index in [-0.39, 0.29) is 44.8 Å². The third-order valence-electron chi connectivity index (χ3n) is 4.81. The van der Waals surface area contributed by atoms with Crippen LogP contribution in [-0.4, -0.2) is 61.6 Å². The van der Waals surface area contributed by atoms with Crippen LogP contribution in [0.15, 0.2) is 0 Å². The highest BCUT2D eigenvalue weighted by Crippen LogP contribution is 2.42. The highest BCUT2D eigenvalue weighted by molar-refractivity contribution is 7.89. The van der Waals surface area contributed by atoms with Crippen molar-refractivity contribution in [3.8, 4) is 0 Å². The Labute approximate surface area is 134 Å². The Balaban J connectivity index is 2.01. The lowest BCUT2D eigenvalue weighted by Crippen LogP contribution is -2.54. The number of hydrogen-bond donors (Lipinski definition) is 0. The van der Waals surface area contributed by atoms with E-state index in [1.54, 1.807) is 6.92 Å². The van der Waals surface area contributed by atoms with Gasteiger partial charge in [-0.3, -0.25) is 4.79 Å². The third-order valence-corrected chi connectivity index (χ3v) is 6.69. The predicted molar refractivity (Wildman–Crippen MR) is 79.1 cm³/mol. The standard InChI is InChI=1S/C14H23F3N2O3S/c1-2-23(21,22)19-9-7-18(8-10-19)13(20)11-5-3-4-6-12(11)14(15,16)17/h11-12H,2-10H2,1H3. The van der Waals surface area contributed by atoms with Crippen molar-refractivity contribution < 1.29 is 26.4 Å². The van der Waals surface area contributed by atoms with Gasteiger partial charge < -0.3 is 4.90 Å². The van der Waals surface area contributed by atoms with Crippen molar-refractivity contribution in [3.05, 3.63) is 0 Å². The molecule has 1 aliphatic heterocycles. The van der Waals surface area contributed by atoms with Gasteiger partial charge in [0.15, 0.2) is 0 Å². The van der Waals surface area contributed by atoms with E-state index in [2.05, 4.69) is 0 Å². The minimum Gasteiger partial charge on any atom is -0.340 e. The first-order chi connectivity index (χ1) is 10.7. The normalized spacial score (nSPS) is 27.9. The van der Waals surface area contributed by atoms with Crippen LogP contribution in [0, 0.1) is 11.8 Å². The molecule has 1 saturated heterocycles. The van der Waals surface area contributed by atoms with Gasteiger partial charge in [-0.1, -0.05) is 12.8 Å². The lowest BCUT2D eigenvalue weighted by atomic mass is 9.78. The van der Waals surface area contributed by atoms with E-state index in [0.717, 1.165) is 0 Å². The fraction of sp³-hybridized carbons (Fsp3) is 0.929. The second-order valence-corrected chi connectivity index (χ2v) is 8.42. The van der Waals surface area contributed by atoms with Gasteiger partial charge in [-0.25, -0.2) is 8.42 Å². The van der Waals surface area contributed by atoms with Crippen LogP contribution >= 0.6 is 0 Å². The number of alkyl halides is 3. The molecule has 2 aliphatic rings. The van der Waals surface area contributed by atoms with Gasteiger partial charge in [-0.05, 0) is 19.8 Å². The van der Waals surface area contributed by atoms with Crippen LogP contribution in [0.25, 0.3) is 0 Å². The summed E-state index contributed by atoms with van der Waals surface area (Å²) >= 11 is 0. The fourth-order valence-corrected chi connectivity index (χ4v) is 4.51. The van der Waals surface area contributed by atoms with Gasteiger partial charge >= 0.3 is 6.18 Å². The zero-order chi connectivity index (χ0) is 17.3. The molecule has 2 unspecified atom stereocenters. The molecular weight excluding hydrogens is 333 g/mol. The Morgan fingerprint density at radius 2 is 1.65 bits per heavy atom. The first-order valence-electron chi connectivity index (χ1n) is 8.00. The number of carbonyl (C=O) groups excluding carboxylic acids is 1. The number of rotatable bonds is 3. The fourth-order valence-electron chi connectivity index (χ4n) is 3.42. The lowest BCUT2D eigenvalue weighted by molar-refractivity contribution is -0.201. The molecule has 1 aliphatic carbocycles. The van der Waals surface area contributed by atoms with Crippen LogP contribution < -0.4 is 0 Å². The molecule has 0 radical (unpaired) electrons. The number of sulfonamides is 1. The Morgan fingerprint density at radius 3 is 2.17 bits per heavy atom. The first-order valence-corrected chi connectivity index (χ1v) is 9.61. The number of amides is 1. The summed E-state index contributed by atoms with van der Waals surface area (Å²) < 4.78 is 64.3. The van der Waals surface area contributed by atoms with E-state index >= 15 is 0 Å². The smallest absolute Gasteiger partial charge is 0.340 e. The van der Waals surface area contributed by atoms with Crippen molar-refractivity contribution in [2.45, 2.75) is 38.8 Å². The molecule has 1 saturated carbocycles. The van der Waals surface area contributed by atoms with Crippen LogP contribution in [0.3, 0.4) is 0 Å². The monoisotopic (exact) mass is 356 g/mol. The van der Waals surface area contributed by atoms with Crippen molar-refractivity contribution in [1.29, 1.82) is 0 Å². The maximum absolute atomic E-state index is 13.1. The average molecular weight is 356 g/mol. The van der Waals surface area contributed by atoms with Crippen LogP contribution in [-0.2, 0) is 14.8 Å². The minimum atomic E-state index is -4.35. The van der Waals surface area contributed by atoms with Crippen molar-refractivity contribution in [2.24, 2.45) is 11.8 Å². The quantitative estimate of drug-likeness (QED) is 0.775. The second kappa shape index (κ2) is 6.96. The highest BCUT2D eigenvalue weighted by Gasteiger charge is 2.49. The number of hydrogen-bond acceptors (Lipinski definition) is 3. The van der Waals surface area contributed by atoms with Crippen molar-refractivity contribution in [3.63, 3.8) is 0 Å². The molecule has 1 amide bonds. The van der Waals surface area contributed by atoms with E-state index in [1.165, 1.54) is 9.21 Å². The molecule has 0 bridgehead atoms. The van der Waals surface area contributed by atoms with Crippen LogP contribution in [0.4, 0.5) is 13.2 Å². The molecule has 0 N–H and O–H groups in total. The van der Waals surface area contributed by atoms with Gasteiger partial charge in [0, 0.05) is 32.1 Å². The molecule has 23 heavy (non-hydrogen) atoms. The van der Waals surface area contributed by atoms with E-state index in [9.17, 15) is 26.4 Å². The summed E-state index contributed by atoms with van der Waals surface area (Å²) in [6, 6.07) is 0. The lowest BCUT2D eigenvalue weighted by Gasteiger charge is -2.39. The molecule has 5 nitrogen and oxygen atoms in total. The minimum absolute atomic E-state index is 0.00405. The zero-order valence-electron chi connectivity index (χ0n) is 13.2. The summed E-state index contributed by atoms with van der Waals surface area (Å²) in [6.45, 7) is 2.19. The van der Waals surface area contributed by atoms with E-state index < -0.39 is 33.9 Å². The summed E-state index contributed by atoms with van der Waals surface area (Å²) in [4.78, 5) is 13.9. The molecular formula is C14H23F3N2O3S. The SMILES string of the molecule is CCS(=O)(=O)N1CCN(C(=O)C2CCCCC2C(F)(F)F)CC1. The molecule has 1 heterocycles. The maximum Gasteiger partial charge on any atom is 0.392 e. The molecule has 0 aromatic heterocycles. The molecule has 9 heteroatoms. The number of nitrogens with zero attached hydrogens (tertiary/aromatic N) is 2. The Morgan fingerprint density at radius 1 is 1.09 bits per heavy atom. The molecule has 2 atom stereocenters. The van der Waals surface area contributed by atoms with Crippen LogP contribution in [0.5, 0.6) is 0 Å². The molecule has 0 aromatic rings. The van der Waals surface area contributed by atoms with Gasteiger partial charge in [-0.15, -0.1) is 0 Å². The van der Waals surface area contributed by atoms with Crippen molar-refractivity contribution in [1.82, 2.24) is 9.21 Å². The van der Waals surface area contributed by atoms with Crippen LogP contribution in [0.1, 0.15) is 32.6 Å². The number of halogens is 3. The summed E-state index contributed by atoms with van der Waals surface area (Å²) in [5, 5.41) is 0. The number of carbonyl (C=O) groups is 1. The van der Waals surface area contributed by atoms with Gasteiger partial charge in [0.05, 0.1) is 11.7 Å². The largest absolute Gasteiger partial charge is 0.392 e. The summed E-state index contributed by atoms with van der Waals surface area (Å²) in [5.41, 5.74) is 0.